The third kappa shape index (κ3) is 2.69. The Balaban J connectivity index is 1.97. The summed E-state index contributed by atoms with van der Waals surface area (Å²) in [5.41, 5.74) is -0.886. The van der Waals surface area contributed by atoms with Gasteiger partial charge in [-0.1, -0.05) is 6.42 Å². The minimum absolute atomic E-state index is 0.156. The molecule has 0 radical (unpaired) electrons. The number of aliphatic carboxylic acids is 1. The zero-order valence-electron chi connectivity index (χ0n) is 10.7. The van der Waals surface area contributed by atoms with Gasteiger partial charge in [0.25, 0.3) is 0 Å². The lowest BCUT2D eigenvalue weighted by molar-refractivity contribution is -0.143. The summed E-state index contributed by atoms with van der Waals surface area (Å²) >= 11 is 0. The van der Waals surface area contributed by atoms with Crippen molar-refractivity contribution >= 4 is 15.8 Å². The van der Waals surface area contributed by atoms with E-state index in [-0.39, 0.29) is 11.2 Å². The molecule has 2 N–H and O–H groups in total. The third-order valence-corrected chi connectivity index (χ3v) is 6.56. The quantitative estimate of drug-likeness (QED) is 0.796. The molecule has 0 bridgehead atoms. The van der Waals surface area contributed by atoms with Crippen molar-refractivity contribution < 1.29 is 18.3 Å². The Hall–Kier alpha value is -0.620. The Labute approximate surface area is 108 Å². The van der Waals surface area contributed by atoms with Gasteiger partial charge in [-0.2, -0.15) is 0 Å². The zero-order valence-corrected chi connectivity index (χ0v) is 11.5. The van der Waals surface area contributed by atoms with E-state index >= 15 is 0 Å². The molecule has 18 heavy (non-hydrogen) atoms. The average molecular weight is 275 g/mol. The van der Waals surface area contributed by atoms with Gasteiger partial charge in [0.1, 0.15) is 5.54 Å². The number of carboxylic acids is 1. The first kappa shape index (κ1) is 13.8. The summed E-state index contributed by atoms with van der Waals surface area (Å²) in [6.45, 7) is 2.28. The lowest BCUT2D eigenvalue weighted by Crippen LogP contribution is -2.44. The second-order valence-electron chi connectivity index (χ2n) is 5.81. The van der Waals surface area contributed by atoms with Crippen LogP contribution in [0.5, 0.6) is 0 Å². The maximum absolute atomic E-state index is 11.9. The van der Waals surface area contributed by atoms with Gasteiger partial charge in [-0.25, -0.2) is 8.42 Å². The predicted molar refractivity (Wildman–Crippen MR) is 68.2 cm³/mol. The van der Waals surface area contributed by atoms with E-state index in [4.69, 9.17) is 5.11 Å². The van der Waals surface area contributed by atoms with Crippen LogP contribution in [0.2, 0.25) is 0 Å². The van der Waals surface area contributed by atoms with Crippen molar-refractivity contribution in [2.24, 2.45) is 5.92 Å². The van der Waals surface area contributed by atoms with Crippen LogP contribution in [0.25, 0.3) is 0 Å². The number of carboxylic acid groups (broad SMARTS) is 1. The Kier molecular flexibility index (Phi) is 3.69. The van der Waals surface area contributed by atoms with Gasteiger partial charge in [0.15, 0.2) is 9.84 Å². The second-order valence-corrected chi connectivity index (χ2v) is 8.21. The van der Waals surface area contributed by atoms with Crippen molar-refractivity contribution in [1.82, 2.24) is 5.32 Å². The Morgan fingerprint density at radius 1 is 1.44 bits per heavy atom. The summed E-state index contributed by atoms with van der Waals surface area (Å²) in [5, 5.41) is 11.9. The molecule has 0 aromatic heterocycles. The number of nitrogens with one attached hydrogen (secondary N) is 1. The van der Waals surface area contributed by atoms with E-state index < -0.39 is 21.3 Å². The predicted octanol–water partition coefficient (Wildman–Crippen LogP) is 0.797. The molecule has 2 aliphatic rings. The van der Waals surface area contributed by atoms with Gasteiger partial charge in [-0.05, 0) is 45.1 Å². The maximum Gasteiger partial charge on any atom is 0.323 e. The van der Waals surface area contributed by atoms with Gasteiger partial charge in [0.2, 0.25) is 0 Å². The summed E-state index contributed by atoms with van der Waals surface area (Å²) in [5.74, 6) is -0.394. The third-order valence-electron chi connectivity index (χ3n) is 4.26. The lowest BCUT2D eigenvalue weighted by Gasteiger charge is -2.25. The van der Waals surface area contributed by atoms with Crippen molar-refractivity contribution in [2.75, 3.05) is 12.3 Å². The van der Waals surface area contributed by atoms with E-state index in [2.05, 4.69) is 5.32 Å². The molecule has 2 fully saturated rings. The number of carbonyl (C=O) groups is 1. The van der Waals surface area contributed by atoms with Gasteiger partial charge in [-0.15, -0.1) is 0 Å². The fourth-order valence-corrected chi connectivity index (χ4v) is 5.11. The molecule has 6 heteroatoms. The molecule has 2 saturated heterocycles. The van der Waals surface area contributed by atoms with E-state index in [1.54, 1.807) is 6.92 Å². The SMILES string of the molecule is CC1(C(=O)O)CC(CC2CCCCS2(=O)=O)CN1. The standard InChI is InChI=1S/C12H21NO4S/c1-12(11(14)15)7-9(8-13-12)6-10-4-2-3-5-18(10,16)17/h9-10,13H,2-8H2,1H3,(H,14,15). The Bertz CT molecular complexity index is 433. The van der Waals surface area contributed by atoms with Crippen LogP contribution in [0, 0.1) is 5.92 Å². The first-order valence-electron chi connectivity index (χ1n) is 6.53. The number of hydrogen-bond donors (Lipinski definition) is 2. The average Bonchev–Trinajstić information content (AvgIpc) is 2.65. The van der Waals surface area contributed by atoms with Crippen LogP contribution in [-0.2, 0) is 14.6 Å². The molecule has 2 aliphatic heterocycles. The lowest BCUT2D eigenvalue weighted by atomic mass is 9.91. The molecule has 0 aromatic carbocycles. The summed E-state index contributed by atoms with van der Waals surface area (Å²) in [6, 6.07) is 0. The molecule has 0 spiro atoms. The van der Waals surface area contributed by atoms with Crippen LogP contribution in [0.3, 0.4) is 0 Å². The highest BCUT2D eigenvalue weighted by Gasteiger charge is 2.43. The minimum atomic E-state index is -2.94. The number of hydrogen-bond acceptors (Lipinski definition) is 4. The van der Waals surface area contributed by atoms with Gasteiger partial charge in [0.05, 0.1) is 11.0 Å². The van der Waals surface area contributed by atoms with Crippen molar-refractivity contribution in [3.05, 3.63) is 0 Å². The smallest absolute Gasteiger partial charge is 0.323 e. The van der Waals surface area contributed by atoms with Gasteiger partial charge in [0, 0.05) is 0 Å². The van der Waals surface area contributed by atoms with E-state index in [1.165, 1.54) is 0 Å². The maximum atomic E-state index is 11.9. The first-order valence-corrected chi connectivity index (χ1v) is 8.25. The number of sulfone groups is 1. The van der Waals surface area contributed by atoms with Crippen molar-refractivity contribution in [1.29, 1.82) is 0 Å². The molecular weight excluding hydrogens is 254 g/mol. The molecule has 3 unspecified atom stereocenters. The van der Waals surface area contributed by atoms with Crippen LogP contribution >= 0.6 is 0 Å². The highest BCUT2D eigenvalue weighted by molar-refractivity contribution is 7.92. The van der Waals surface area contributed by atoms with Crippen molar-refractivity contribution in [3.8, 4) is 0 Å². The highest BCUT2D eigenvalue weighted by atomic mass is 32.2. The van der Waals surface area contributed by atoms with Crippen molar-refractivity contribution in [2.45, 2.75) is 49.8 Å². The first-order chi connectivity index (χ1) is 8.33. The summed E-state index contributed by atoms with van der Waals surface area (Å²) < 4.78 is 23.9. The van der Waals surface area contributed by atoms with Crippen molar-refractivity contribution in [3.63, 3.8) is 0 Å². The van der Waals surface area contributed by atoms with Crippen LogP contribution in [-0.4, -0.2) is 42.6 Å². The molecule has 2 rings (SSSR count). The molecule has 2 heterocycles. The number of rotatable bonds is 3. The molecule has 3 atom stereocenters. The Morgan fingerprint density at radius 2 is 2.17 bits per heavy atom. The summed E-state index contributed by atoms with van der Waals surface area (Å²) in [4.78, 5) is 11.1. The normalized spacial score (nSPS) is 39.6. The molecule has 0 aliphatic carbocycles. The van der Waals surface area contributed by atoms with Crippen LogP contribution in [0.1, 0.15) is 39.0 Å². The molecule has 104 valence electrons. The van der Waals surface area contributed by atoms with E-state index in [1.807, 2.05) is 0 Å². The topological polar surface area (TPSA) is 83.5 Å². The molecular formula is C12H21NO4S. The van der Waals surface area contributed by atoms with Gasteiger partial charge < -0.3 is 10.4 Å². The van der Waals surface area contributed by atoms with E-state index in [9.17, 15) is 13.2 Å². The van der Waals surface area contributed by atoms with Gasteiger partial charge >= 0.3 is 5.97 Å². The monoisotopic (exact) mass is 275 g/mol. The largest absolute Gasteiger partial charge is 0.480 e. The summed E-state index contributed by atoms with van der Waals surface area (Å²) in [6.07, 6.45) is 3.62. The van der Waals surface area contributed by atoms with Crippen LogP contribution < -0.4 is 5.32 Å². The van der Waals surface area contributed by atoms with Crippen LogP contribution in [0.4, 0.5) is 0 Å². The summed E-state index contributed by atoms with van der Waals surface area (Å²) in [7, 11) is -2.94. The fraction of sp³-hybridized carbons (Fsp3) is 0.917. The second kappa shape index (κ2) is 4.81. The zero-order chi connectivity index (χ0) is 13.4. The molecule has 0 amide bonds. The highest BCUT2D eigenvalue weighted by Crippen LogP contribution is 2.32. The molecule has 0 saturated carbocycles. The van der Waals surface area contributed by atoms with Gasteiger partial charge in [-0.3, -0.25) is 4.79 Å². The molecule has 0 aromatic rings. The van der Waals surface area contributed by atoms with Crippen LogP contribution in [0.15, 0.2) is 0 Å². The minimum Gasteiger partial charge on any atom is -0.480 e. The van der Waals surface area contributed by atoms with E-state index in [0.29, 0.717) is 25.1 Å². The van der Waals surface area contributed by atoms with E-state index in [0.717, 1.165) is 19.3 Å². The fourth-order valence-electron chi connectivity index (χ4n) is 3.08. The molecule has 5 nitrogen and oxygen atoms in total. The Morgan fingerprint density at radius 3 is 2.72 bits per heavy atom.